The first-order valence-corrected chi connectivity index (χ1v) is 12.2. The van der Waals surface area contributed by atoms with Gasteiger partial charge in [0.05, 0.1) is 5.75 Å². The van der Waals surface area contributed by atoms with E-state index < -0.39 is 0 Å². The van der Waals surface area contributed by atoms with Crippen LogP contribution in [0, 0.1) is 0 Å². The van der Waals surface area contributed by atoms with Gasteiger partial charge in [-0.25, -0.2) is 4.79 Å². The Hall–Kier alpha value is -3.86. The molecule has 1 aliphatic heterocycles. The molecule has 0 atom stereocenters. The molecule has 1 aromatic heterocycles. The number of amides is 4. The normalized spacial score (nSPS) is 13.8. The summed E-state index contributed by atoms with van der Waals surface area (Å²) in [4.78, 5) is 39.3. The van der Waals surface area contributed by atoms with Gasteiger partial charge in [0.2, 0.25) is 5.91 Å². The van der Waals surface area contributed by atoms with Gasteiger partial charge in [-0.15, -0.1) is 10.2 Å². The number of urea groups is 1. The van der Waals surface area contributed by atoms with Gasteiger partial charge in [-0.1, -0.05) is 36.0 Å². The summed E-state index contributed by atoms with van der Waals surface area (Å²) in [5.41, 5.74) is 1.81. The largest absolute Gasteiger partial charge is 0.338 e. The molecule has 182 valence electrons. The Kier molecular flexibility index (Phi) is 7.99. The summed E-state index contributed by atoms with van der Waals surface area (Å²) in [5, 5.41) is 17.0. The SMILES string of the molecule is Cn1cnnc1SCC(=O)Nc1cccc(C(=O)N2CCC(NC(=O)Nc3ccccc3)CC2)c1. The highest BCUT2D eigenvalue weighted by molar-refractivity contribution is 7.99. The molecule has 1 fully saturated rings. The van der Waals surface area contributed by atoms with Crippen LogP contribution in [0.4, 0.5) is 16.2 Å². The number of nitrogens with one attached hydrogen (secondary N) is 3. The van der Waals surface area contributed by atoms with E-state index in [0.717, 1.165) is 5.69 Å². The highest BCUT2D eigenvalue weighted by atomic mass is 32.2. The Morgan fingerprint density at radius 2 is 1.74 bits per heavy atom. The predicted octanol–water partition coefficient (Wildman–Crippen LogP) is 2.97. The number of nitrogens with zero attached hydrogens (tertiary/aromatic N) is 4. The summed E-state index contributed by atoms with van der Waals surface area (Å²) in [7, 11) is 1.81. The third-order valence-corrected chi connectivity index (χ3v) is 6.58. The van der Waals surface area contributed by atoms with Crippen LogP contribution < -0.4 is 16.0 Å². The molecular weight excluding hydrogens is 466 g/mol. The van der Waals surface area contributed by atoms with Gasteiger partial charge in [-0.05, 0) is 43.2 Å². The number of aryl methyl sites for hydroxylation is 1. The van der Waals surface area contributed by atoms with E-state index in [0.29, 0.717) is 42.3 Å². The zero-order chi connectivity index (χ0) is 24.6. The van der Waals surface area contributed by atoms with Gasteiger partial charge in [0, 0.05) is 43.1 Å². The topological polar surface area (TPSA) is 121 Å². The monoisotopic (exact) mass is 493 g/mol. The van der Waals surface area contributed by atoms with Crippen molar-refractivity contribution in [3.63, 3.8) is 0 Å². The lowest BCUT2D eigenvalue weighted by Gasteiger charge is -2.32. The smallest absolute Gasteiger partial charge is 0.319 e. The summed E-state index contributed by atoms with van der Waals surface area (Å²) in [6.07, 6.45) is 2.92. The lowest BCUT2D eigenvalue weighted by molar-refractivity contribution is -0.113. The van der Waals surface area contributed by atoms with Crippen molar-refractivity contribution < 1.29 is 14.4 Å². The molecule has 35 heavy (non-hydrogen) atoms. The predicted molar refractivity (Wildman–Crippen MR) is 134 cm³/mol. The molecule has 0 radical (unpaired) electrons. The quantitative estimate of drug-likeness (QED) is 0.435. The minimum atomic E-state index is -0.248. The van der Waals surface area contributed by atoms with Crippen LogP contribution in [0.25, 0.3) is 0 Å². The maximum absolute atomic E-state index is 13.0. The molecule has 0 aliphatic carbocycles. The van der Waals surface area contributed by atoms with Crippen LogP contribution in [0.3, 0.4) is 0 Å². The molecule has 0 unspecified atom stereocenters. The Morgan fingerprint density at radius 3 is 2.46 bits per heavy atom. The third-order valence-electron chi connectivity index (χ3n) is 5.54. The van der Waals surface area contributed by atoms with Crippen molar-refractivity contribution in [2.75, 3.05) is 29.5 Å². The van der Waals surface area contributed by atoms with Gasteiger partial charge >= 0.3 is 6.03 Å². The lowest BCUT2D eigenvalue weighted by atomic mass is 10.0. The molecule has 4 rings (SSSR count). The summed E-state index contributed by atoms with van der Waals surface area (Å²) in [6.45, 7) is 1.08. The number of hydrogen-bond acceptors (Lipinski definition) is 6. The summed E-state index contributed by atoms with van der Waals surface area (Å²) in [5.74, 6) is -0.103. The number of aromatic nitrogens is 3. The van der Waals surface area contributed by atoms with Crippen LogP contribution in [-0.4, -0.2) is 62.4 Å². The molecule has 2 heterocycles. The number of piperidine rings is 1. The van der Waals surface area contributed by atoms with Gasteiger partial charge in [-0.2, -0.15) is 0 Å². The molecule has 11 heteroatoms. The summed E-state index contributed by atoms with van der Waals surface area (Å²) >= 11 is 1.29. The van der Waals surface area contributed by atoms with Gasteiger partial charge in [0.15, 0.2) is 5.16 Å². The molecule has 2 aromatic carbocycles. The molecule has 3 aromatic rings. The van der Waals surface area contributed by atoms with E-state index in [1.165, 1.54) is 11.8 Å². The Labute approximate surface area is 207 Å². The molecule has 0 spiro atoms. The number of thioether (sulfide) groups is 1. The molecule has 10 nitrogen and oxygen atoms in total. The van der Waals surface area contributed by atoms with E-state index in [2.05, 4.69) is 26.1 Å². The van der Waals surface area contributed by atoms with Crippen molar-refractivity contribution >= 4 is 41.0 Å². The van der Waals surface area contributed by atoms with Crippen LogP contribution in [0.2, 0.25) is 0 Å². The molecule has 3 N–H and O–H groups in total. The number of anilines is 2. The first kappa shape index (κ1) is 24.3. The van der Waals surface area contributed by atoms with E-state index in [9.17, 15) is 14.4 Å². The van der Waals surface area contributed by atoms with E-state index in [1.54, 1.807) is 40.1 Å². The molecule has 1 aliphatic rings. The van der Waals surface area contributed by atoms with Crippen LogP contribution in [0.5, 0.6) is 0 Å². The number of hydrogen-bond donors (Lipinski definition) is 3. The maximum Gasteiger partial charge on any atom is 0.319 e. The van der Waals surface area contributed by atoms with Crippen LogP contribution in [-0.2, 0) is 11.8 Å². The second-order valence-electron chi connectivity index (χ2n) is 8.17. The van der Waals surface area contributed by atoms with Crippen molar-refractivity contribution in [3.05, 3.63) is 66.5 Å². The fraction of sp³-hybridized carbons (Fsp3) is 0.292. The Morgan fingerprint density at radius 1 is 1.00 bits per heavy atom. The van der Waals surface area contributed by atoms with Crippen molar-refractivity contribution in [2.45, 2.75) is 24.0 Å². The minimum Gasteiger partial charge on any atom is -0.338 e. The number of carbonyl (C=O) groups excluding carboxylic acids is 3. The standard InChI is InChI=1S/C24H27N7O3S/c1-30-16-25-29-24(30)35-15-21(32)26-20-9-5-6-17(14-20)22(33)31-12-10-19(11-13-31)28-23(34)27-18-7-3-2-4-8-18/h2-9,14,16,19H,10-13,15H2,1H3,(H,26,32)(H2,27,28,34). The van der Waals surface area contributed by atoms with Crippen LogP contribution in [0.15, 0.2) is 66.1 Å². The number of para-hydroxylation sites is 1. The first-order chi connectivity index (χ1) is 17.0. The Balaban J connectivity index is 1.24. The lowest BCUT2D eigenvalue weighted by Crippen LogP contribution is -2.47. The van der Waals surface area contributed by atoms with Crippen molar-refractivity contribution in [3.8, 4) is 0 Å². The number of benzene rings is 2. The third kappa shape index (κ3) is 6.82. The van der Waals surface area contributed by atoms with Crippen LogP contribution in [0.1, 0.15) is 23.2 Å². The zero-order valence-electron chi connectivity index (χ0n) is 19.3. The molecule has 4 amide bonds. The van der Waals surface area contributed by atoms with Gasteiger partial charge in [0.1, 0.15) is 6.33 Å². The fourth-order valence-corrected chi connectivity index (χ4v) is 4.43. The summed E-state index contributed by atoms with van der Waals surface area (Å²) in [6, 6.07) is 15.9. The average molecular weight is 494 g/mol. The zero-order valence-corrected chi connectivity index (χ0v) is 20.1. The highest BCUT2D eigenvalue weighted by Gasteiger charge is 2.25. The maximum atomic E-state index is 13.0. The van der Waals surface area contributed by atoms with Crippen molar-refractivity contribution in [2.24, 2.45) is 7.05 Å². The van der Waals surface area contributed by atoms with Gasteiger partial charge in [0.25, 0.3) is 5.91 Å². The van der Waals surface area contributed by atoms with E-state index in [1.807, 2.05) is 37.4 Å². The number of carbonyl (C=O) groups is 3. The first-order valence-electron chi connectivity index (χ1n) is 11.3. The van der Waals surface area contributed by atoms with Crippen LogP contribution >= 0.6 is 11.8 Å². The van der Waals surface area contributed by atoms with Gasteiger partial charge < -0.3 is 25.4 Å². The molecule has 0 saturated carbocycles. The summed E-state index contributed by atoms with van der Waals surface area (Å²) < 4.78 is 1.74. The fourth-order valence-electron chi connectivity index (χ4n) is 3.74. The minimum absolute atomic E-state index is 0.000184. The van der Waals surface area contributed by atoms with E-state index in [4.69, 9.17) is 0 Å². The Bertz CT molecular complexity index is 1180. The molecule has 0 bridgehead atoms. The highest BCUT2D eigenvalue weighted by Crippen LogP contribution is 2.18. The van der Waals surface area contributed by atoms with Gasteiger partial charge in [-0.3, -0.25) is 9.59 Å². The second kappa shape index (κ2) is 11.5. The second-order valence-corrected chi connectivity index (χ2v) is 9.12. The molecular formula is C24H27N7O3S. The number of likely N-dealkylation sites (tertiary alicyclic amines) is 1. The average Bonchev–Trinajstić information content (AvgIpc) is 3.28. The number of rotatable bonds is 7. The van der Waals surface area contributed by atoms with Crippen molar-refractivity contribution in [1.82, 2.24) is 25.0 Å². The van der Waals surface area contributed by atoms with E-state index in [-0.39, 0.29) is 29.6 Å². The molecule has 1 saturated heterocycles. The van der Waals surface area contributed by atoms with Crippen molar-refractivity contribution in [1.29, 1.82) is 0 Å². The van der Waals surface area contributed by atoms with E-state index >= 15 is 0 Å².